The van der Waals surface area contributed by atoms with Crippen molar-refractivity contribution in [1.29, 1.82) is 0 Å². The highest BCUT2D eigenvalue weighted by atomic mass is 19.1. The molecule has 5 nitrogen and oxygen atoms in total. The lowest BCUT2D eigenvalue weighted by molar-refractivity contribution is 0.0984. The van der Waals surface area contributed by atoms with Crippen LogP contribution in [0.2, 0.25) is 0 Å². The number of hydrogen-bond donors (Lipinski definition) is 1. The Morgan fingerprint density at radius 1 is 1.08 bits per heavy atom. The Bertz CT molecular complexity index is 944. The first kappa shape index (κ1) is 15.3. The number of nitrogens with zero attached hydrogens (tertiary/aromatic N) is 3. The number of carbonyl (C=O) groups is 1. The lowest BCUT2D eigenvalue weighted by Gasteiger charge is -2.17. The predicted octanol–water partition coefficient (Wildman–Crippen LogP) is 3.56. The quantitative estimate of drug-likeness (QED) is 0.796. The van der Waals surface area contributed by atoms with Gasteiger partial charge in [-0.15, -0.1) is 0 Å². The van der Waals surface area contributed by atoms with Gasteiger partial charge in [0.2, 0.25) is 0 Å². The Kier molecular flexibility index (Phi) is 3.85. The molecular weight excluding hydrogens is 319 g/mol. The Morgan fingerprint density at radius 3 is 2.84 bits per heavy atom. The third-order valence-electron chi connectivity index (χ3n) is 4.12. The van der Waals surface area contributed by atoms with Gasteiger partial charge in [-0.2, -0.15) is 0 Å². The normalized spacial score (nSPS) is 12.8. The zero-order valence-electron chi connectivity index (χ0n) is 13.3. The molecule has 1 amide bonds. The van der Waals surface area contributed by atoms with Crippen LogP contribution in [0.1, 0.15) is 16.1 Å². The first-order valence-electron chi connectivity index (χ1n) is 7.95. The van der Waals surface area contributed by atoms with Crippen LogP contribution in [-0.4, -0.2) is 22.4 Å². The molecule has 3 aromatic rings. The molecule has 0 unspecified atom stereocenters. The third-order valence-corrected chi connectivity index (χ3v) is 4.12. The van der Waals surface area contributed by atoms with Crippen LogP contribution < -0.4 is 10.2 Å². The number of benzene rings is 2. The maximum Gasteiger partial charge on any atom is 0.277 e. The molecular formula is C19H15FN4O. The number of nitrogens with one attached hydrogen (secondary N) is 1. The summed E-state index contributed by atoms with van der Waals surface area (Å²) in [5.74, 6) is -0.0740. The minimum absolute atomic E-state index is 0.172. The van der Waals surface area contributed by atoms with Gasteiger partial charge >= 0.3 is 0 Å². The van der Waals surface area contributed by atoms with E-state index in [9.17, 15) is 9.18 Å². The molecule has 4 rings (SSSR count). The van der Waals surface area contributed by atoms with Crippen molar-refractivity contribution in [1.82, 2.24) is 9.97 Å². The molecule has 0 atom stereocenters. The van der Waals surface area contributed by atoms with Gasteiger partial charge in [-0.05, 0) is 36.2 Å². The van der Waals surface area contributed by atoms with E-state index >= 15 is 0 Å². The van der Waals surface area contributed by atoms with Gasteiger partial charge in [0.1, 0.15) is 23.7 Å². The summed E-state index contributed by atoms with van der Waals surface area (Å²) in [7, 11) is 0. The zero-order chi connectivity index (χ0) is 17.2. The van der Waals surface area contributed by atoms with Crippen LogP contribution in [-0.2, 0) is 6.42 Å². The number of fused-ring (bicyclic) bond motifs is 1. The molecule has 0 bridgehead atoms. The van der Waals surface area contributed by atoms with E-state index in [1.165, 1.54) is 18.5 Å². The van der Waals surface area contributed by atoms with E-state index in [0.29, 0.717) is 23.7 Å². The minimum Gasteiger partial charge on any atom is -0.340 e. The minimum atomic E-state index is -0.343. The van der Waals surface area contributed by atoms with Crippen molar-refractivity contribution in [2.45, 2.75) is 6.42 Å². The first-order valence-corrected chi connectivity index (χ1v) is 7.95. The molecule has 25 heavy (non-hydrogen) atoms. The van der Waals surface area contributed by atoms with Crippen LogP contribution in [0, 0.1) is 5.82 Å². The van der Waals surface area contributed by atoms with Crippen LogP contribution >= 0.6 is 0 Å². The third kappa shape index (κ3) is 3.06. The van der Waals surface area contributed by atoms with Crippen LogP contribution in [0.25, 0.3) is 0 Å². The van der Waals surface area contributed by atoms with Crippen molar-refractivity contribution in [3.63, 3.8) is 0 Å². The molecule has 0 radical (unpaired) electrons. The van der Waals surface area contributed by atoms with Gasteiger partial charge in [-0.25, -0.2) is 14.4 Å². The molecule has 2 aromatic carbocycles. The van der Waals surface area contributed by atoms with Crippen LogP contribution in [0.15, 0.2) is 60.9 Å². The van der Waals surface area contributed by atoms with Crippen molar-refractivity contribution in [2.24, 2.45) is 0 Å². The molecule has 0 saturated carbocycles. The van der Waals surface area contributed by atoms with Crippen molar-refractivity contribution < 1.29 is 9.18 Å². The maximum absolute atomic E-state index is 13.3. The van der Waals surface area contributed by atoms with Gasteiger partial charge < -0.3 is 10.2 Å². The number of halogens is 1. The molecule has 1 aliphatic rings. The van der Waals surface area contributed by atoms with Crippen molar-refractivity contribution in [3.05, 3.63) is 78.0 Å². The Hall–Kier alpha value is -3.28. The highest BCUT2D eigenvalue weighted by Gasteiger charge is 2.26. The molecule has 2 heterocycles. The average molecular weight is 334 g/mol. The summed E-state index contributed by atoms with van der Waals surface area (Å²) >= 11 is 0. The lowest BCUT2D eigenvalue weighted by Crippen LogP contribution is -2.29. The molecule has 0 spiro atoms. The van der Waals surface area contributed by atoms with E-state index in [-0.39, 0.29) is 11.7 Å². The fourth-order valence-corrected chi connectivity index (χ4v) is 2.94. The molecule has 0 fully saturated rings. The average Bonchev–Trinajstić information content (AvgIpc) is 3.05. The Balaban J connectivity index is 1.58. The summed E-state index contributed by atoms with van der Waals surface area (Å²) in [4.78, 5) is 22.7. The van der Waals surface area contributed by atoms with E-state index in [1.807, 2.05) is 24.3 Å². The van der Waals surface area contributed by atoms with Crippen molar-refractivity contribution in [2.75, 3.05) is 16.8 Å². The monoisotopic (exact) mass is 334 g/mol. The van der Waals surface area contributed by atoms with E-state index < -0.39 is 0 Å². The van der Waals surface area contributed by atoms with Gasteiger partial charge in [0.05, 0.1) is 0 Å². The van der Waals surface area contributed by atoms with Gasteiger partial charge in [-0.3, -0.25) is 4.79 Å². The predicted molar refractivity (Wildman–Crippen MR) is 93.5 cm³/mol. The van der Waals surface area contributed by atoms with Crippen LogP contribution in [0.5, 0.6) is 0 Å². The second kappa shape index (κ2) is 6.32. The lowest BCUT2D eigenvalue weighted by atomic mass is 10.2. The standard InChI is InChI=1S/C19H15FN4O/c20-14-5-3-6-15(10-14)23-18-11-16(21-12-22-18)19(25)24-9-8-13-4-1-2-7-17(13)24/h1-7,10-12H,8-9H2,(H,21,22,23). The Labute approximate surface area is 144 Å². The zero-order valence-corrected chi connectivity index (χ0v) is 13.3. The highest BCUT2D eigenvalue weighted by Crippen LogP contribution is 2.28. The summed E-state index contributed by atoms with van der Waals surface area (Å²) in [5.41, 5.74) is 2.93. The van der Waals surface area contributed by atoms with E-state index in [0.717, 1.165) is 17.7 Å². The summed E-state index contributed by atoms with van der Waals surface area (Å²) in [5, 5.41) is 2.99. The van der Waals surface area contributed by atoms with Crippen molar-refractivity contribution in [3.8, 4) is 0 Å². The van der Waals surface area contributed by atoms with Crippen molar-refractivity contribution >= 4 is 23.1 Å². The topological polar surface area (TPSA) is 58.1 Å². The molecule has 0 aliphatic carbocycles. The molecule has 1 N–H and O–H groups in total. The number of para-hydroxylation sites is 1. The van der Waals surface area contributed by atoms with Crippen LogP contribution in [0.4, 0.5) is 21.6 Å². The number of hydrogen-bond acceptors (Lipinski definition) is 4. The smallest absolute Gasteiger partial charge is 0.277 e. The summed E-state index contributed by atoms with van der Waals surface area (Å²) in [6, 6.07) is 15.5. The number of anilines is 3. The molecule has 124 valence electrons. The van der Waals surface area contributed by atoms with Gasteiger partial charge in [0.25, 0.3) is 5.91 Å². The highest BCUT2D eigenvalue weighted by molar-refractivity contribution is 6.06. The van der Waals surface area contributed by atoms with Gasteiger partial charge in [-0.1, -0.05) is 24.3 Å². The van der Waals surface area contributed by atoms with Gasteiger partial charge in [0.15, 0.2) is 0 Å². The second-order valence-electron chi connectivity index (χ2n) is 5.76. The largest absolute Gasteiger partial charge is 0.340 e. The first-order chi connectivity index (χ1) is 12.2. The number of aromatic nitrogens is 2. The number of amides is 1. The molecule has 6 heteroatoms. The summed E-state index contributed by atoms with van der Waals surface area (Å²) in [6.45, 7) is 0.634. The molecule has 1 aliphatic heterocycles. The number of carbonyl (C=O) groups excluding carboxylic acids is 1. The molecule has 0 saturated heterocycles. The molecule has 1 aromatic heterocycles. The van der Waals surface area contributed by atoms with Gasteiger partial charge in [0, 0.05) is 24.0 Å². The van der Waals surface area contributed by atoms with E-state index in [1.54, 1.807) is 23.1 Å². The second-order valence-corrected chi connectivity index (χ2v) is 5.76. The Morgan fingerprint density at radius 2 is 1.96 bits per heavy atom. The summed E-state index contributed by atoms with van der Waals surface area (Å²) in [6.07, 6.45) is 2.16. The SMILES string of the molecule is O=C(c1cc(Nc2cccc(F)c2)ncn1)N1CCc2ccccc21. The fraction of sp³-hybridized carbons (Fsp3) is 0.105. The van der Waals surface area contributed by atoms with E-state index in [2.05, 4.69) is 15.3 Å². The maximum atomic E-state index is 13.3. The summed E-state index contributed by atoms with van der Waals surface area (Å²) < 4.78 is 13.3. The van der Waals surface area contributed by atoms with Crippen LogP contribution in [0.3, 0.4) is 0 Å². The van der Waals surface area contributed by atoms with E-state index in [4.69, 9.17) is 0 Å². The number of rotatable bonds is 3. The fourth-order valence-electron chi connectivity index (χ4n) is 2.94.